The molecule has 1 aromatic rings. The van der Waals surface area contributed by atoms with E-state index in [1.807, 2.05) is 0 Å². The molecule has 0 aromatic heterocycles. The van der Waals surface area contributed by atoms with E-state index < -0.39 is 24.2 Å². The molecule has 0 spiro atoms. The van der Waals surface area contributed by atoms with E-state index in [9.17, 15) is 22.8 Å². The van der Waals surface area contributed by atoms with E-state index in [4.69, 9.17) is 23.2 Å². The Morgan fingerprint density at radius 1 is 1.06 bits per heavy atom. The van der Waals surface area contributed by atoms with Crippen LogP contribution in [0.5, 0.6) is 0 Å². The lowest BCUT2D eigenvalue weighted by atomic mass is 10.1. The summed E-state index contributed by atoms with van der Waals surface area (Å²) in [6.07, 6.45) is -6.27. The summed E-state index contributed by atoms with van der Waals surface area (Å²) in [6.45, 7) is 0. The molecule has 0 aliphatic heterocycles. The number of rotatable bonds is 3. The van der Waals surface area contributed by atoms with Gasteiger partial charge in [0.1, 0.15) is 0 Å². The monoisotopic (exact) mass is 284 g/mol. The molecule has 92 valence electrons. The van der Waals surface area contributed by atoms with E-state index in [1.54, 1.807) is 0 Å². The number of carbonyl (C=O) groups excluding carboxylic acids is 2. The van der Waals surface area contributed by atoms with E-state index >= 15 is 0 Å². The molecule has 0 amide bonds. The molecule has 1 aromatic carbocycles. The third kappa shape index (κ3) is 4.02. The van der Waals surface area contributed by atoms with Crippen LogP contribution in [-0.4, -0.2) is 17.7 Å². The summed E-state index contributed by atoms with van der Waals surface area (Å²) in [5.74, 6) is -3.07. The first-order valence-corrected chi connectivity index (χ1v) is 5.05. The van der Waals surface area contributed by atoms with Crippen LogP contribution in [0.25, 0.3) is 0 Å². The molecule has 0 saturated heterocycles. The van der Waals surface area contributed by atoms with Gasteiger partial charge >= 0.3 is 6.18 Å². The third-order valence-corrected chi connectivity index (χ3v) is 2.26. The Morgan fingerprint density at radius 3 is 1.94 bits per heavy atom. The lowest BCUT2D eigenvalue weighted by Crippen LogP contribution is -2.25. The van der Waals surface area contributed by atoms with Gasteiger partial charge < -0.3 is 0 Å². The second-order valence-corrected chi connectivity index (χ2v) is 4.05. The predicted octanol–water partition coefficient (Wildman–Crippen LogP) is 3.70. The molecule has 0 radical (unpaired) electrons. The van der Waals surface area contributed by atoms with E-state index in [-0.39, 0.29) is 15.6 Å². The van der Waals surface area contributed by atoms with E-state index in [1.165, 1.54) is 6.07 Å². The van der Waals surface area contributed by atoms with Gasteiger partial charge in [-0.25, -0.2) is 0 Å². The van der Waals surface area contributed by atoms with Crippen molar-refractivity contribution in [2.45, 2.75) is 12.6 Å². The van der Waals surface area contributed by atoms with Crippen LogP contribution in [0.15, 0.2) is 18.2 Å². The minimum atomic E-state index is -5.02. The van der Waals surface area contributed by atoms with Crippen LogP contribution in [0.2, 0.25) is 10.0 Å². The Balaban J connectivity index is 2.87. The molecule has 0 bridgehead atoms. The first-order valence-electron chi connectivity index (χ1n) is 4.29. The smallest absolute Gasteiger partial charge is 0.294 e. The maximum Gasteiger partial charge on any atom is 0.450 e. The summed E-state index contributed by atoms with van der Waals surface area (Å²) in [4.78, 5) is 22.0. The fraction of sp³-hybridized carbons (Fsp3) is 0.200. The molecule has 0 fully saturated rings. The van der Waals surface area contributed by atoms with Crippen LogP contribution in [0, 0.1) is 0 Å². The van der Waals surface area contributed by atoms with Crippen LogP contribution in [0.1, 0.15) is 16.8 Å². The largest absolute Gasteiger partial charge is 0.450 e. The van der Waals surface area contributed by atoms with Gasteiger partial charge in [0, 0.05) is 15.6 Å². The Bertz CT molecular complexity index is 449. The highest BCUT2D eigenvalue weighted by Crippen LogP contribution is 2.22. The lowest BCUT2D eigenvalue weighted by molar-refractivity contribution is -0.170. The van der Waals surface area contributed by atoms with Crippen LogP contribution < -0.4 is 0 Å². The molecule has 1 rings (SSSR count). The average Bonchev–Trinajstić information content (AvgIpc) is 2.14. The highest BCUT2D eigenvalue weighted by Gasteiger charge is 2.39. The molecule has 7 heteroatoms. The zero-order valence-electron chi connectivity index (χ0n) is 8.15. The number of ketones is 2. The van der Waals surface area contributed by atoms with Gasteiger partial charge in [0.15, 0.2) is 5.78 Å². The number of halogens is 5. The maximum absolute atomic E-state index is 11.9. The Labute approximate surface area is 104 Å². The summed E-state index contributed by atoms with van der Waals surface area (Å²) >= 11 is 11.2. The lowest BCUT2D eigenvalue weighted by Gasteiger charge is -2.05. The fourth-order valence-corrected chi connectivity index (χ4v) is 1.59. The quantitative estimate of drug-likeness (QED) is 0.627. The van der Waals surface area contributed by atoms with E-state index in [0.717, 1.165) is 12.1 Å². The molecule has 2 nitrogen and oxygen atoms in total. The predicted molar refractivity (Wildman–Crippen MR) is 56.5 cm³/mol. The van der Waals surface area contributed by atoms with Gasteiger partial charge in [-0.15, -0.1) is 0 Å². The molecule has 0 aliphatic rings. The van der Waals surface area contributed by atoms with Crippen molar-refractivity contribution in [2.75, 3.05) is 0 Å². The highest BCUT2D eigenvalue weighted by atomic mass is 35.5. The molecular formula is C10H5Cl2F3O2. The molecule has 0 aliphatic carbocycles. The van der Waals surface area contributed by atoms with E-state index in [2.05, 4.69) is 0 Å². The number of hydrogen-bond donors (Lipinski definition) is 0. The van der Waals surface area contributed by atoms with Crippen molar-refractivity contribution < 1.29 is 22.8 Å². The summed E-state index contributed by atoms with van der Waals surface area (Å²) in [5, 5.41) is 0.223. The van der Waals surface area contributed by atoms with Gasteiger partial charge in [0.2, 0.25) is 5.78 Å². The normalized spacial score (nSPS) is 11.4. The minimum absolute atomic E-state index is 0.111. The number of carbonyl (C=O) groups is 2. The standard InChI is InChI=1S/C10H5Cl2F3O2/c11-6-1-5(2-7(12)3-6)8(16)4-9(17)10(13,14)15/h1-3H,4H2. The second-order valence-electron chi connectivity index (χ2n) is 3.18. The van der Waals surface area contributed by atoms with Gasteiger partial charge in [-0.05, 0) is 18.2 Å². The molecule has 0 heterocycles. The number of alkyl halides is 3. The molecule has 17 heavy (non-hydrogen) atoms. The summed E-state index contributed by atoms with van der Waals surface area (Å²) in [7, 11) is 0. The Morgan fingerprint density at radius 2 is 1.53 bits per heavy atom. The topological polar surface area (TPSA) is 34.1 Å². The summed E-state index contributed by atoms with van der Waals surface area (Å²) in [6, 6.07) is 3.63. The fourth-order valence-electron chi connectivity index (χ4n) is 1.06. The number of benzene rings is 1. The maximum atomic E-state index is 11.9. The molecular weight excluding hydrogens is 280 g/mol. The van der Waals surface area contributed by atoms with Crippen molar-refractivity contribution in [3.63, 3.8) is 0 Å². The summed E-state index contributed by atoms with van der Waals surface area (Å²) < 4.78 is 35.8. The second kappa shape index (κ2) is 5.06. The van der Waals surface area contributed by atoms with Gasteiger partial charge in [-0.2, -0.15) is 13.2 Å². The van der Waals surface area contributed by atoms with Gasteiger partial charge in [0.05, 0.1) is 6.42 Å². The van der Waals surface area contributed by atoms with E-state index in [0.29, 0.717) is 0 Å². The molecule has 0 N–H and O–H groups in total. The van der Waals surface area contributed by atoms with Crippen molar-refractivity contribution in [2.24, 2.45) is 0 Å². The first-order chi connectivity index (χ1) is 7.70. The van der Waals surface area contributed by atoms with Crippen LogP contribution >= 0.6 is 23.2 Å². The van der Waals surface area contributed by atoms with Crippen LogP contribution in [0.3, 0.4) is 0 Å². The van der Waals surface area contributed by atoms with Crippen molar-refractivity contribution in [1.29, 1.82) is 0 Å². The zero-order valence-corrected chi connectivity index (χ0v) is 9.66. The van der Waals surface area contributed by atoms with Crippen molar-refractivity contribution in [3.05, 3.63) is 33.8 Å². The Hall–Kier alpha value is -1.07. The Kier molecular flexibility index (Phi) is 4.16. The third-order valence-electron chi connectivity index (χ3n) is 1.82. The van der Waals surface area contributed by atoms with Crippen LogP contribution in [0.4, 0.5) is 13.2 Å². The minimum Gasteiger partial charge on any atom is -0.294 e. The molecule has 0 unspecified atom stereocenters. The SMILES string of the molecule is O=C(CC(=O)C(F)(F)F)c1cc(Cl)cc(Cl)c1. The highest BCUT2D eigenvalue weighted by molar-refractivity contribution is 6.35. The van der Waals surface area contributed by atoms with Crippen LogP contribution in [-0.2, 0) is 4.79 Å². The molecule has 0 atom stereocenters. The zero-order chi connectivity index (χ0) is 13.2. The first kappa shape index (κ1) is 14.0. The molecule has 0 saturated carbocycles. The number of Topliss-reactive ketones (excluding diaryl/α,β-unsaturated/α-hetero) is 2. The average molecular weight is 285 g/mol. The van der Waals surface area contributed by atoms with Gasteiger partial charge in [0.25, 0.3) is 0 Å². The van der Waals surface area contributed by atoms with Gasteiger partial charge in [-0.3, -0.25) is 9.59 Å². The number of hydrogen-bond acceptors (Lipinski definition) is 2. The van der Waals surface area contributed by atoms with Crippen molar-refractivity contribution in [1.82, 2.24) is 0 Å². The van der Waals surface area contributed by atoms with Crippen molar-refractivity contribution >= 4 is 34.8 Å². The van der Waals surface area contributed by atoms with Crippen molar-refractivity contribution in [3.8, 4) is 0 Å². The summed E-state index contributed by atoms with van der Waals surface area (Å²) in [5.41, 5.74) is -0.125. The van der Waals surface area contributed by atoms with Gasteiger partial charge in [-0.1, -0.05) is 23.2 Å².